The molecule has 0 aliphatic heterocycles. The molecule has 22 heavy (non-hydrogen) atoms. The van der Waals surface area contributed by atoms with Gasteiger partial charge in [0.05, 0.1) is 17.8 Å². The third kappa shape index (κ3) is 2.48. The number of aliphatic imine (C=N–C) groups is 1. The first-order valence-corrected chi connectivity index (χ1v) is 7.41. The number of nitrogens with zero attached hydrogens (tertiary/aromatic N) is 2. The Kier molecular flexibility index (Phi) is 3.90. The lowest BCUT2D eigenvalue weighted by Gasteiger charge is -2.02. The van der Waals surface area contributed by atoms with Crippen LogP contribution in [0.1, 0.15) is 11.3 Å². The number of rotatable bonds is 3. The summed E-state index contributed by atoms with van der Waals surface area (Å²) in [7, 11) is 3.67. The van der Waals surface area contributed by atoms with Crippen molar-refractivity contribution in [2.45, 2.75) is 6.92 Å². The molecule has 3 aromatic rings. The van der Waals surface area contributed by atoms with Gasteiger partial charge in [0.2, 0.25) is 0 Å². The minimum atomic E-state index is 0.562. The second-order valence-corrected chi connectivity index (χ2v) is 5.56. The zero-order chi connectivity index (χ0) is 15.7. The SMILES string of the molecule is COc1ccc(N=Cc2c(C)n(C)c3ccccc23)cc1Cl. The van der Waals surface area contributed by atoms with Crippen LogP contribution in [-0.2, 0) is 7.05 Å². The number of hydrogen-bond acceptors (Lipinski definition) is 2. The summed E-state index contributed by atoms with van der Waals surface area (Å²) in [5, 5.41) is 1.76. The molecule has 0 aliphatic carbocycles. The van der Waals surface area contributed by atoms with Crippen LogP contribution >= 0.6 is 11.6 Å². The molecule has 0 saturated heterocycles. The van der Waals surface area contributed by atoms with Gasteiger partial charge in [-0.2, -0.15) is 0 Å². The zero-order valence-electron chi connectivity index (χ0n) is 12.8. The van der Waals surface area contributed by atoms with Gasteiger partial charge >= 0.3 is 0 Å². The number of aryl methyl sites for hydroxylation is 1. The highest BCUT2D eigenvalue weighted by Crippen LogP contribution is 2.29. The van der Waals surface area contributed by atoms with E-state index in [0.29, 0.717) is 10.8 Å². The Bertz CT molecular complexity index is 865. The van der Waals surface area contributed by atoms with E-state index >= 15 is 0 Å². The fourth-order valence-corrected chi connectivity index (χ4v) is 2.84. The Hall–Kier alpha value is -2.26. The molecule has 3 rings (SSSR count). The van der Waals surface area contributed by atoms with E-state index in [1.165, 1.54) is 16.6 Å². The minimum absolute atomic E-state index is 0.562. The lowest BCUT2D eigenvalue weighted by atomic mass is 10.1. The van der Waals surface area contributed by atoms with Gasteiger partial charge in [0, 0.05) is 35.4 Å². The van der Waals surface area contributed by atoms with Gasteiger partial charge in [0.1, 0.15) is 5.75 Å². The van der Waals surface area contributed by atoms with Gasteiger partial charge in [-0.05, 0) is 31.2 Å². The second-order valence-electron chi connectivity index (χ2n) is 5.15. The van der Waals surface area contributed by atoms with Crippen LogP contribution in [0.3, 0.4) is 0 Å². The van der Waals surface area contributed by atoms with E-state index in [-0.39, 0.29) is 0 Å². The molecule has 0 bridgehead atoms. The van der Waals surface area contributed by atoms with Crippen molar-refractivity contribution in [2.75, 3.05) is 7.11 Å². The zero-order valence-corrected chi connectivity index (χ0v) is 13.6. The number of methoxy groups -OCH3 is 1. The molecular weight excluding hydrogens is 296 g/mol. The lowest BCUT2D eigenvalue weighted by molar-refractivity contribution is 0.415. The molecule has 0 fully saturated rings. The van der Waals surface area contributed by atoms with Crippen LogP contribution in [0.25, 0.3) is 10.9 Å². The fraction of sp³-hybridized carbons (Fsp3) is 0.167. The van der Waals surface area contributed by atoms with E-state index in [9.17, 15) is 0 Å². The van der Waals surface area contributed by atoms with E-state index in [2.05, 4.69) is 35.7 Å². The Morgan fingerprint density at radius 3 is 2.68 bits per heavy atom. The van der Waals surface area contributed by atoms with Crippen LogP contribution in [0, 0.1) is 6.92 Å². The number of halogens is 1. The highest BCUT2D eigenvalue weighted by atomic mass is 35.5. The molecule has 2 aromatic carbocycles. The quantitative estimate of drug-likeness (QED) is 0.632. The van der Waals surface area contributed by atoms with Gasteiger partial charge in [-0.15, -0.1) is 0 Å². The molecule has 4 heteroatoms. The molecule has 1 aromatic heterocycles. The van der Waals surface area contributed by atoms with E-state index in [1.807, 2.05) is 30.5 Å². The van der Waals surface area contributed by atoms with Crippen LogP contribution < -0.4 is 4.74 Å². The fourth-order valence-electron chi connectivity index (χ4n) is 2.59. The van der Waals surface area contributed by atoms with Gasteiger partial charge in [0.15, 0.2) is 0 Å². The highest BCUT2D eigenvalue weighted by molar-refractivity contribution is 6.32. The number of ether oxygens (including phenoxy) is 1. The van der Waals surface area contributed by atoms with E-state index < -0.39 is 0 Å². The van der Waals surface area contributed by atoms with E-state index in [0.717, 1.165) is 11.3 Å². The minimum Gasteiger partial charge on any atom is -0.495 e. The number of benzene rings is 2. The second kappa shape index (κ2) is 5.85. The Balaban J connectivity index is 2.03. The summed E-state index contributed by atoms with van der Waals surface area (Å²) in [4.78, 5) is 4.56. The smallest absolute Gasteiger partial charge is 0.137 e. The van der Waals surface area contributed by atoms with Crippen molar-refractivity contribution in [1.82, 2.24) is 4.57 Å². The molecule has 0 atom stereocenters. The predicted molar refractivity (Wildman–Crippen MR) is 92.9 cm³/mol. The first kappa shape index (κ1) is 14.7. The summed E-state index contributed by atoms with van der Waals surface area (Å²) in [6.07, 6.45) is 1.90. The number of fused-ring (bicyclic) bond motifs is 1. The molecule has 0 radical (unpaired) electrons. The molecule has 0 amide bonds. The van der Waals surface area contributed by atoms with Gasteiger partial charge < -0.3 is 9.30 Å². The summed E-state index contributed by atoms with van der Waals surface area (Å²) in [6.45, 7) is 2.10. The van der Waals surface area contributed by atoms with Crippen LogP contribution in [0.5, 0.6) is 5.75 Å². The molecule has 1 heterocycles. The molecule has 0 aliphatic rings. The van der Waals surface area contributed by atoms with Crippen molar-refractivity contribution in [3.63, 3.8) is 0 Å². The molecule has 0 spiro atoms. The van der Waals surface area contributed by atoms with Gasteiger partial charge in [0.25, 0.3) is 0 Å². The topological polar surface area (TPSA) is 26.5 Å². The van der Waals surface area contributed by atoms with E-state index in [1.54, 1.807) is 13.2 Å². The maximum atomic E-state index is 6.14. The summed E-state index contributed by atoms with van der Waals surface area (Å²) >= 11 is 6.14. The van der Waals surface area contributed by atoms with Crippen molar-refractivity contribution >= 4 is 34.4 Å². The first-order chi connectivity index (χ1) is 10.6. The Morgan fingerprint density at radius 1 is 1.18 bits per heavy atom. The Labute approximate surface area is 134 Å². The first-order valence-electron chi connectivity index (χ1n) is 7.03. The van der Waals surface area contributed by atoms with Crippen molar-refractivity contribution in [2.24, 2.45) is 12.0 Å². The molecule has 0 unspecified atom stereocenters. The van der Waals surface area contributed by atoms with Crippen molar-refractivity contribution in [3.05, 3.63) is 58.7 Å². The third-order valence-corrected chi connectivity index (χ3v) is 4.22. The normalized spacial score (nSPS) is 11.5. The maximum Gasteiger partial charge on any atom is 0.137 e. The third-order valence-electron chi connectivity index (χ3n) is 3.93. The van der Waals surface area contributed by atoms with E-state index in [4.69, 9.17) is 16.3 Å². The molecule has 0 N–H and O–H groups in total. The molecule has 112 valence electrons. The number of para-hydroxylation sites is 1. The molecule has 0 saturated carbocycles. The van der Waals surface area contributed by atoms with Crippen LogP contribution in [0.4, 0.5) is 5.69 Å². The standard InChI is InChI=1S/C18H17ClN2O/c1-12-15(14-6-4-5-7-17(14)21(12)2)11-20-13-8-9-18(22-3)16(19)10-13/h4-11H,1-3H3. The highest BCUT2D eigenvalue weighted by Gasteiger charge is 2.09. The summed E-state index contributed by atoms with van der Waals surface area (Å²) in [5.41, 5.74) is 4.32. The van der Waals surface area contributed by atoms with Crippen LogP contribution in [0.15, 0.2) is 47.5 Å². The van der Waals surface area contributed by atoms with Gasteiger partial charge in [-0.1, -0.05) is 29.8 Å². The van der Waals surface area contributed by atoms with Crippen LogP contribution in [-0.4, -0.2) is 17.9 Å². The maximum absolute atomic E-state index is 6.14. The summed E-state index contributed by atoms with van der Waals surface area (Å²) in [5.74, 6) is 0.655. The number of aromatic nitrogens is 1. The molecular formula is C18H17ClN2O. The van der Waals surface area contributed by atoms with Gasteiger partial charge in [-0.25, -0.2) is 0 Å². The Morgan fingerprint density at radius 2 is 1.95 bits per heavy atom. The summed E-state index contributed by atoms with van der Waals surface area (Å²) < 4.78 is 7.33. The van der Waals surface area contributed by atoms with Crippen molar-refractivity contribution < 1.29 is 4.74 Å². The average Bonchev–Trinajstić information content (AvgIpc) is 2.77. The van der Waals surface area contributed by atoms with Crippen molar-refractivity contribution in [3.8, 4) is 5.75 Å². The lowest BCUT2D eigenvalue weighted by Crippen LogP contribution is -1.91. The number of hydrogen-bond donors (Lipinski definition) is 0. The van der Waals surface area contributed by atoms with Gasteiger partial charge in [-0.3, -0.25) is 4.99 Å². The van der Waals surface area contributed by atoms with Crippen LogP contribution in [0.2, 0.25) is 5.02 Å². The monoisotopic (exact) mass is 312 g/mol. The molecule has 3 nitrogen and oxygen atoms in total. The summed E-state index contributed by atoms with van der Waals surface area (Å²) in [6, 6.07) is 13.8. The van der Waals surface area contributed by atoms with Crippen molar-refractivity contribution in [1.29, 1.82) is 0 Å². The predicted octanol–water partition coefficient (Wildman–Crippen LogP) is 4.90. The average molecular weight is 313 g/mol. The largest absolute Gasteiger partial charge is 0.495 e.